The fourth-order valence-electron chi connectivity index (χ4n) is 2.69. The molecule has 0 radical (unpaired) electrons. The van der Waals surface area contributed by atoms with E-state index < -0.39 is 0 Å². The maximum Gasteiger partial charge on any atom is 0.0485 e. The van der Waals surface area contributed by atoms with Gasteiger partial charge in [-0.1, -0.05) is 18.2 Å². The van der Waals surface area contributed by atoms with E-state index in [0.29, 0.717) is 6.54 Å². The molecule has 0 aliphatic carbocycles. The van der Waals surface area contributed by atoms with Gasteiger partial charge in [0.2, 0.25) is 0 Å². The Bertz CT molecular complexity index is 708. The summed E-state index contributed by atoms with van der Waals surface area (Å²) >= 11 is 1.79. The van der Waals surface area contributed by atoms with Gasteiger partial charge >= 0.3 is 0 Å². The summed E-state index contributed by atoms with van der Waals surface area (Å²) in [5, 5.41) is 3.56. The highest BCUT2D eigenvalue weighted by Crippen LogP contribution is 2.32. The zero-order chi connectivity index (χ0) is 14.7. The van der Waals surface area contributed by atoms with Crippen molar-refractivity contribution in [3.8, 4) is 0 Å². The van der Waals surface area contributed by atoms with Crippen molar-refractivity contribution in [2.75, 3.05) is 13.6 Å². The predicted octanol–water partition coefficient (Wildman–Crippen LogP) is 3.43. The third-order valence-corrected chi connectivity index (χ3v) is 4.79. The molecule has 0 aliphatic heterocycles. The van der Waals surface area contributed by atoms with Crippen LogP contribution in [-0.2, 0) is 6.54 Å². The molecule has 0 saturated carbocycles. The number of pyridine rings is 1. The second kappa shape index (κ2) is 6.35. The zero-order valence-corrected chi connectivity index (χ0v) is 12.9. The molecule has 108 valence electrons. The van der Waals surface area contributed by atoms with Crippen LogP contribution in [0.1, 0.15) is 17.2 Å². The van der Waals surface area contributed by atoms with Gasteiger partial charge in [-0.15, -0.1) is 11.3 Å². The molecule has 21 heavy (non-hydrogen) atoms. The van der Waals surface area contributed by atoms with Crippen LogP contribution in [0.15, 0.2) is 54.2 Å². The Balaban J connectivity index is 1.87. The maximum atomic E-state index is 6.06. The summed E-state index contributed by atoms with van der Waals surface area (Å²) in [5.74, 6) is 0. The van der Waals surface area contributed by atoms with E-state index in [9.17, 15) is 0 Å². The Labute approximate surface area is 129 Å². The summed E-state index contributed by atoms with van der Waals surface area (Å²) in [6.07, 6.45) is 3.67. The van der Waals surface area contributed by atoms with Gasteiger partial charge in [0.25, 0.3) is 0 Å². The van der Waals surface area contributed by atoms with Crippen LogP contribution in [0.2, 0.25) is 0 Å². The molecule has 2 N–H and O–H groups in total. The minimum absolute atomic E-state index is 0.231. The average molecular weight is 297 g/mol. The first kappa shape index (κ1) is 14.2. The second-order valence-corrected chi connectivity index (χ2v) is 6.12. The molecule has 4 heteroatoms. The second-order valence-electron chi connectivity index (χ2n) is 5.21. The van der Waals surface area contributed by atoms with Gasteiger partial charge in [-0.2, -0.15) is 0 Å². The molecule has 3 nitrogen and oxygen atoms in total. The number of thiophene rings is 1. The zero-order valence-electron chi connectivity index (χ0n) is 12.1. The summed E-state index contributed by atoms with van der Waals surface area (Å²) in [7, 11) is 2.13. The van der Waals surface area contributed by atoms with Crippen molar-refractivity contribution >= 4 is 21.4 Å². The highest BCUT2D eigenvalue weighted by molar-refractivity contribution is 7.17. The van der Waals surface area contributed by atoms with Crippen molar-refractivity contribution < 1.29 is 0 Å². The predicted molar refractivity (Wildman–Crippen MR) is 89.3 cm³/mol. The quantitative estimate of drug-likeness (QED) is 0.784. The fourth-order valence-corrected chi connectivity index (χ4v) is 3.70. The number of benzene rings is 1. The third-order valence-electron chi connectivity index (χ3n) is 3.81. The molecule has 3 rings (SSSR count). The van der Waals surface area contributed by atoms with Gasteiger partial charge in [-0.25, -0.2) is 0 Å². The lowest BCUT2D eigenvalue weighted by Crippen LogP contribution is -2.30. The molecule has 0 bridgehead atoms. The molecular formula is C17H19N3S. The molecule has 0 saturated heterocycles. The third kappa shape index (κ3) is 2.97. The Morgan fingerprint density at radius 2 is 1.95 bits per heavy atom. The minimum atomic E-state index is 0.231. The van der Waals surface area contributed by atoms with Crippen molar-refractivity contribution in [3.05, 3.63) is 65.3 Å². The normalized spacial score (nSPS) is 12.9. The number of nitrogens with zero attached hydrogens (tertiary/aromatic N) is 2. The SMILES string of the molecule is CN(Cc1ccncc1)C(CN)c1csc2ccccc12. The standard InChI is InChI=1S/C17H19N3S/c1-20(11-13-6-8-19-9-7-13)16(10-18)15-12-21-17-5-3-2-4-14(15)17/h2-9,12,16H,10-11,18H2,1H3. The molecule has 2 heterocycles. The smallest absolute Gasteiger partial charge is 0.0485 e. The first-order valence-corrected chi connectivity index (χ1v) is 7.93. The van der Waals surface area contributed by atoms with Gasteiger partial charge in [-0.3, -0.25) is 9.88 Å². The van der Waals surface area contributed by atoms with Gasteiger partial charge < -0.3 is 5.73 Å². The van der Waals surface area contributed by atoms with Gasteiger partial charge in [0.1, 0.15) is 0 Å². The topological polar surface area (TPSA) is 42.2 Å². The minimum Gasteiger partial charge on any atom is -0.329 e. The first-order chi connectivity index (χ1) is 10.3. The largest absolute Gasteiger partial charge is 0.329 e. The van der Waals surface area contributed by atoms with Crippen LogP contribution in [0, 0.1) is 0 Å². The number of rotatable bonds is 5. The average Bonchev–Trinajstić information content (AvgIpc) is 2.93. The molecule has 0 spiro atoms. The maximum absolute atomic E-state index is 6.06. The molecular weight excluding hydrogens is 278 g/mol. The van der Waals surface area contributed by atoms with Crippen molar-refractivity contribution in [2.24, 2.45) is 5.73 Å². The molecule has 0 aliphatic rings. The van der Waals surface area contributed by atoms with Crippen LogP contribution in [0.4, 0.5) is 0 Å². The van der Waals surface area contributed by atoms with Crippen molar-refractivity contribution in [1.82, 2.24) is 9.88 Å². The number of nitrogens with two attached hydrogens (primary N) is 1. The molecule has 3 aromatic rings. The highest BCUT2D eigenvalue weighted by atomic mass is 32.1. The van der Waals surface area contributed by atoms with E-state index in [1.54, 1.807) is 11.3 Å². The van der Waals surface area contributed by atoms with Crippen molar-refractivity contribution in [1.29, 1.82) is 0 Å². The number of hydrogen-bond donors (Lipinski definition) is 1. The molecule has 2 aromatic heterocycles. The van der Waals surface area contributed by atoms with E-state index >= 15 is 0 Å². The monoisotopic (exact) mass is 297 g/mol. The van der Waals surface area contributed by atoms with Gasteiger partial charge in [0, 0.05) is 36.2 Å². The van der Waals surface area contributed by atoms with Crippen LogP contribution in [0.25, 0.3) is 10.1 Å². The van der Waals surface area contributed by atoms with E-state index in [1.807, 2.05) is 12.4 Å². The molecule has 1 aromatic carbocycles. The van der Waals surface area contributed by atoms with E-state index in [2.05, 4.69) is 58.7 Å². The van der Waals surface area contributed by atoms with Gasteiger partial charge in [0.15, 0.2) is 0 Å². The summed E-state index contributed by atoms with van der Waals surface area (Å²) in [4.78, 5) is 6.38. The van der Waals surface area contributed by atoms with Gasteiger partial charge in [-0.05, 0) is 47.1 Å². The number of likely N-dealkylation sites (N-methyl/N-ethyl adjacent to an activating group) is 1. The molecule has 0 amide bonds. The summed E-state index contributed by atoms with van der Waals surface area (Å²) in [6, 6.07) is 12.9. The van der Waals surface area contributed by atoms with Crippen LogP contribution in [0.5, 0.6) is 0 Å². The van der Waals surface area contributed by atoms with E-state index in [-0.39, 0.29) is 6.04 Å². The Morgan fingerprint density at radius 1 is 1.19 bits per heavy atom. The van der Waals surface area contributed by atoms with E-state index in [0.717, 1.165) is 6.54 Å². The lowest BCUT2D eigenvalue weighted by atomic mass is 10.0. The molecule has 0 fully saturated rings. The molecule has 1 unspecified atom stereocenters. The number of fused-ring (bicyclic) bond motifs is 1. The lowest BCUT2D eigenvalue weighted by Gasteiger charge is -2.27. The van der Waals surface area contributed by atoms with Gasteiger partial charge in [0.05, 0.1) is 0 Å². The van der Waals surface area contributed by atoms with Crippen LogP contribution in [0.3, 0.4) is 0 Å². The summed E-state index contributed by atoms with van der Waals surface area (Å²) in [5.41, 5.74) is 8.64. The Hall–Kier alpha value is -1.75. The Kier molecular flexibility index (Phi) is 4.29. The number of aromatic nitrogens is 1. The lowest BCUT2D eigenvalue weighted by molar-refractivity contribution is 0.243. The van der Waals surface area contributed by atoms with Crippen LogP contribution >= 0.6 is 11.3 Å². The van der Waals surface area contributed by atoms with Crippen molar-refractivity contribution in [2.45, 2.75) is 12.6 Å². The highest BCUT2D eigenvalue weighted by Gasteiger charge is 2.19. The number of hydrogen-bond acceptors (Lipinski definition) is 4. The summed E-state index contributed by atoms with van der Waals surface area (Å²) in [6.45, 7) is 1.48. The van der Waals surface area contributed by atoms with E-state index in [1.165, 1.54) is 21.2 Å². The van der Waals surface area contributed by atoms with Crippen molar-refractivity contribution in [3.63, 3.8) is 0 Å². The first-order valence-electron chi connectivity index (χ1n) is 7.05. The summed E-state index contributed by atoms with van der Waals surface area (Å²) < 4.78 is 1.32. The molecule has 1 atom stereocenters. The van der Waals surface area contributed by atoms with Crippen LogP contribution < -0.4 is 5.73 Å². The fraction of sp³-hybridized carbons (Fsp3) is 0.235. The van der Waals surface area contributed by atoms with E-state index in [4.69, 9.17) is 5.73 Å². The Morgan fingerprint density at radius 3 is 2.71 bits per heavy atom. The van der Waals surface area contributed by atoms with Crippen LogP contribution in [-0.4, -0.2) is 23.5 Å².